The van der Waals surface area contributed by atoms with Gasteiger partial charge < -0.3 is 0 Å². The molecular weight excluding hydrogens is 362 g/mol. The molecule has 29 heavy (non-hydrogen) atoms. The normalized spacial score (nSPS) is 11.5. The molecule has 0 saturated heterocycles. The molecule has 144 valence electrons. The third-order valence-corrected chi connectivity index (χ3v) is 5.13. The molecule has 4 aromatic heterocycles. The quantitative estimate of drug-likeness (QED) is 0.463. The van der Waals surface area contributed by atoms with E-state index < -0.39 is 0 Å². The van der Waals surface area contributed by atoms with E-state index >= 15 is 0 Å². The lowest BCUT2D eigenvalue weighted by molar-refractivity contribution is 0.660. The molecule has 0 fully saturated rings. The Morgan fingerprint density at radius 3 is 2.72 bits per heavy atom. The second-order valence-electron chi connectivity index (χ2n) is 7.20. The van der Waals surface area contributed by atoms with Gasteiger partial charge in [0.05, 0.1) is 17.4 Å². The highest BCUT2D eigenvalue weighted by atomic mass is 15.4. The number of pyridine rings is 1. The lowest BCUT2D eigenvalue weighted by Crippen LogP contribution is -2.02. The van der Waals surface area contributed by atoms with Gasteiger partial charge in [-0.05, 0) is 56.2 Å². The number of hydrogen-bond acceptors (Lipinski definition) is 5. The molecule has 0 N–H and O–H groups in total. The van der Waals surface area contributed by atoms with Crippen LogP contribution in [0.1, 0.15) is 24.0 Å². The van der Waals surface area contributed by atoms with Crippen LogP contribution in [0, 0.1) is 6.92 Å². The third kappa shape index (κ3) is 3.35. The van der Waals surface area contributed by atoms with Gasteiger partial charge in [-0.2, -0.15) is 14.7 Å². The van der Waals surface area contributed by atoms with Gasteiger partial charge in [-0.15, -0.1) is 10.2 Å². The summed E-state index contributed by atoms with van der Waals surface area (Å²) in [6.07, 6.45) is 7.50. The molecule has 0 amide bonds. The highest BCUT2D eigenvalue weighted by Crippen LogP contribution is 2.23. The Kier molecular flexibility index (Phi) is 4.27. The lowest BCUT2D eigenvalue weighted by atomic mass is 10.0. The van der Waals surface area contributed by atoms with Gasteiger partial charge in [0.15, 0.2) is 11.5 Å². The standard InChI is InChI=1S/C22H21N7/c1-3-28-14-19(13-24-28)18-11-17-10-16(5-7-20(17)23-12-18)6-9-22-26-25-21-8-4-15(2)27-29(21)22/h4-5,7-8,10-14H,3,6,9H2,1-2H3. The van der Waals surface area contributed by atoms with Crippen molar-refractivity contribution in [3.8, 4) is 11.1 Å². The number of fused-ring (bicyclic) bond motifs is 2. The number of aromatic nitrogens is 7. The zero-order valence-corrected chi connectivity index (χ0v) is 16.4. The summed E-state index contributed by atoms with van der Waals surface area (Å²) in [4.78, 5) is 4.62. The van der Waals surface area contributed by atoms with Gasteiger partial charge in [-0.25, -0.2) is 0 Å². The van der Waals surface area contributed by atoms with E-state index in [9.17, 15) is 0 Å². The summed E-state index contributed by atoms with van der Waals surface area (Å²) in [5.41, 5.74) is 6.14. The summed E-state index contributed by atoms with van der Waals surface area (Å²) in [6, 6.07) is 12.5. The number of hydrogen-bond donors (Lipinski definition) is 0. The van der Waals surface area contributed by atoms with Crippen LogP contribution in [0.15, 0.2) is 55.0 Å². The number of nitrogens with zero attached hydrogens (tertiary/aromatic N) is 7. The summed E-state index contributed by atoms with van der Waals surface area (Å²) in [5.74, 6) is 0.877. The first kappa shape index (κ1) is 17.5. The van der Waals surface area contributed by atoms with Crippen LogP contribution in [0.3, 0.4) is 0 Å². The minimum atomic E-state index is 0.777. The van der Waals surface area contributed by atoms with E-state index in [4.69, 9.17) is 0 Å². The van der Waals surface area contributed by atoms with Gasteiger partial charge in [0, 0.05) is 41.9 Å². The molecule has 0 aliphatic heterocycles. The average molecular weight is 383 g/mol. The van der Waals surface area contributed by atoms with Gasteiger partial charge >= 0.3 is 0 Å². The van der Waals surface area contributed by atoms with Crippen molar-refractivity contribution in [2.24, 2.45) is 0 Å². The fraction of sp³-hybridized carbons (Fsp3) is 0.227. The molecule has 7 heteroatoms. The van der Waals surface area contributed by atoms with Crippen molar-refractivity contribution >= 4 is 16.6 Å². The van der Waals surface area contributed by atoms with Gasteiger partial charge in [-0.1, -0.05) is 6.07 Å². The minimum Gasteiger partial charge on any atom is -0.272 e. The fourth-order valence-electron chi connectivity index (χ4n) is 3.52. The highest BCUT2D eigenvalue weighted by Gasteiger charge is 2.08. The van der Waals surface area contributed by atoms with Crippen molar-refractivity contribution < 1.29 is 0 Å². The van der Waals surface area contributed by atoms with E-state index in [1.54, 1.807) is 0 Å². The molecular formula is C22H21N7. The zero-order valence-electron chi connectivity index (χ0n) is 16.4. The van der Waals surface area contributed by atoms with Gasteiger partial charge in [0.1, 0.15) is 0 Å². The fourth-order valence-corrected chi connectivity index (χ4v) is 3.52. The molecule has 0 saturated carbocycles. The molecule has 0 aliphatic rings. The Hall–Kier alpha value is -3.61. The van der Waals surface area contributed by atoms with E-state index in [0.717, 1.165) is 58.6 Å². The number of rotatable bonds is 5. The lowest BCUT2D eigenvalue weighted by Gasteiger charge is -2.05. The first-order valence-electron chi connectivity index (χ1n) is 9.79. The third-order valence-electron chi connectivity index (χ3n) is 5.13. The average Bonchev–Trinajstić information content (AvgIpc) is 3.38. The molecule has 4 heterocycles. The number of benzene rings is 1. The van der Waals surface area contributed by atoms with Crippen LogP contribution in [-0.4, -0.2) is 34.6 Å². The van der Waals surface area contributed by atoms with Gasteiger partial charge in [0.2, 0.25) is 0 Å². The van der Waals surface area contributed by atoms with Gasteiger partial charge in [0.25, 0.3) is 0 Å². The molecule has 0 unspecified atom stereocenters. The van der Waals surface area contributed by atoms with E-state index in [0.29, 0.717) is 0 Å². The van der Waals surface area contributed by atoms with E-state index in [2.05, 4.69) is 62.8 Å². The summed E-state index contributed by atoms with van der Waals surface area (Å²) < 4.78 is 3.76. The minimum absolute atomic E-state index is 0.777. The molecule has 0 atom stereocenters. The topological polar surface area (TPSA) is 73.8 Å². The molecule has 0 aliphatic carbocycles. The van der Waals surface area contributed by atoms with Crippen molar-refractivity contribution in [2.75, 3.05) is 0 Å². The van der Waals surface area contributed by atoms with Gasteiger partial charge in [-0.3, -0.25) is 9.67 Å². The Bertz CT molecular complexity index is 1320. The van der Waals surface area contributed by atoms with Crippen LogP contribution in [0.4, 0.5) is 0 Å². The highest BCUT2D eigenvalue weighted by molar-refractivity contribution is 5.83. The van der Waals surface area contributed by atoms with Crippen molar-refractivity contribution in [1.82, 2.24) is 34.6 Å². The zero-order chi connectivity index (χ0) is 19.8. The first-order valence-corrected chi connectivity index (χ1v) is 9.79. The van der Waals surface area contributed by atoms with E-state index in [-0.39, 0.29) is 0 Å². The van der Waals surface area contributed by atoms with Crippen molar-refractivity contribution in [1.29, 1.82) is 0 Å². The predicted octanol–water partition coefficient (Wildman–Crippen LogP) is 3.65. The molecule has 0 radical (unpaired) electrons. The van der Waals surface area contributed by atoms with Crippen LogP contribution in [0.25, 0.3) is 27.7 Å². The van der Waals surface area contributed by atoms with E-state index in [1.165, 1.54) is 5.56 Å². The Morgan fingerprint density at radius 1 is 0.931 bits per heavy atom. The van der Waals surface area contributed by atoms with Crippen LogP contribution < -0.4 is 0 Å². The maximum Gasteiger partial charge on any atom is 0.177 e. The molecule has 5 aromatic rings. The first-order chi connectivity index (χ1) is 14.2. The maximum absolute atomic E-state index is 4.62. The second kappa shape index (κ2) is 7.09. The second-order valence-corrected chi connectivity index (χ2v) is 7.20. The van der Waals surface area contributed by atoms with Crippen LogP contribution in [0.2, 0.25) is 0 Å². The van der Waals surface area contributed by atoms with Crippen molar-refractivity contribution in [3.63, 3.8) is 0 Å². The number of aryl methyl sites for hydroxylation is 4. The SMILES string of the molecule is CCn1cc(-c2cnc3ccc(CCc4nnc5ccc(C)nn45)cc3c2)cn1. The van der Waals surface area contributed by atoms with Crippen LogP contribution in [-0.2, 0) is 19.4 Å². The molecule has 0 spiro atoms. The van der Waals surface area contributed by atoms with Crippen molar-refractivity contribution in [2.45, 2.75) is 33.2 Å². The van der Waals surface area contributed by atoms with Crippen molar-refractivity contribution in [3.05, 3.63) is 72.1 Å². The summed E-state index contributed by atoms with van der Waals surface area (Å²) in [7, 11) is 0. The molecule has 1 aromatic carbocycles. The molecule has 0 bridgehead atoms. The summed E-state index contributed by atoms with van der Waals surface area (Å²) >= 11 is 0. The predicted molar refractivity (Wildman–Crippen MR) is 112 cm³/mol. The monoisotopic (exact) mass is 383 g/mol. The molecule has 5 rings (SSSR count). The van der Waals surface area contributed by atoms with E-state index in [1.807, 2.05) is 40.6 Å². The smallest absolute Gasteiger partial charge is 0.177 e. The van der Waals surface area contributed by atoms with Crippen LogP contribution >= 0.6 is 0 Å². The maximum atomic E-state index is 4.62. The Labute approximate surface area is 168 Å². The Balaban J connectivity index is 1.41. The summed E-state index contributed by atoms with van der Waals surface area (Å²) in [5, 5.41) is 18.5. The summed E-state index contributed by atoms with van der Waals surface area (Å²) in [6.45, 7) is 4.91. The Morgan fingerprint density at radius 2 is 1.86 bits per heavy atom. The largest absolute Gasteiger partial charge is 0.272 e. The molecule has 7 nitrogen and oxygen atoms in total. The van der Waals surface area contributed by atoms with Crippen LogP contribution in [0.5, 0.6) is 0 Å².